The zero-order valence-electron chi connectivity index (χ0n) is 52.1. The Balaban J connectivity index is 1.61. The van der Waals surface area contributed by atoms with Crippen molar-refractivity contribution in [1.29, 1.82) is 0 Å². The van der Waals surface area contributed by atoms with E-state index in [-0.39, 0.29) is 90.8 Å². The molecule has 1 aliphatic rings. The first-order valence-corrected chi connectivity index (χ1v) is 28.5. The van der Waals surface area contributed by atoms with Gasteiger partial charge in [-0.1, -0.05) is 73.3 Å². The van der Waals surface area contributed by atoms with Gasteiger partial charge in [0.05, 0.1) is 32.7 Å². The lowest BCUT2D eigenvalue weighted by atomic mass is 9.98. The summed E-state index contributed by atoms with van der Waals surface area (Å²) in [4.78, 5) is 113. The number of nitrogens with zero attached hydrogens (tertiary/aromatic N) is 3. The van der Waals surface area contributed by atoms with Crippen LogP contribution in [-0.2, 0) is 73.1 Å². The Morgan fingerprint density at radius 3 is 1.40 bits per heavy atom. The number of hydrogen-bond acceptors (Lipinski definition) is 18. The minimum absolute atomic E-state index is 0.00879. The topological polar surface area (TPSA) is 235 Å². The number of nitrogens with one attached hydrogen (secondary N) is 2. The summed E-state index contributed by atoms with van der Waals surface area (Å²) < 4.78 is 39.6. The molecule has 0 aliphatic heterocycles. The predicted octanol–water partition coefficient (Wildman–Crippen LogP) is 8.57. The first kappa shape index (κ1) is 69.3. The SMILES string of the molecule is C=CCOC(=O)C(CCC(=O)Nc1ccc(CC(CN(CCN(CC(=O)OC(C)(C)C)CC(=O)OC(C)(C)C)CC(=O)OC(C)(C)C)N(CC(=O)OC(C)(C)C)CC(=O)OC(C)(C)C)cc1)NC(=O)OCC1c2ccccc2-c2ccccc21. The molecule has 0 bridgehead atoms. The average molecular weight is 1170 g/mol. The van der Waals surface area contributed by atoms with Crippen LogP contribution in [0.25, 0.3) is 11.1 Å². The van der Waals surface area contributed by atoms with Gasteiger partial charge in [0.15, 0.2) is 0 Å². The molecule has 20 heteroatoms. The van der Waals surface area contributed by atoms with Crippen molar-refractivity contribution in [2.75, 3.05) is 70.9 Å². The number of esters is 6. The Hall–Kier alpha value is -7.16. The van der Waals surface area contributed by atoms with Gasteiger partial charge in [-0.2, -0.15) is 0 Å². The molecule has 3 aromatic carbocycles. The van der Waals surface area contributed by atoms with Crippen LogP contribution in [-0.4, -0.2) is 168 Å². The molecule has 2 unspecified atom stereocenters. The van der Waals surface area contributed by atoms with Crippen molar-refractivity contribution in [3.63, 3.8) is 0 Å². The van der Waals surface area contributed by atoms with Crippen LogP contribution in [0.15, 0.2) is 85.5 Å². The van der Waals surface area contributed by atoms with E-state index < -0.39 is 87.9 Å². The Morgan fingerprint density at radius 1 is 0.548 bits per heavy atom. The van der Waals surface area contributed by atoms with E-state index in [0.717, 1.165) is 22.3 Å². The maximum atomic E-state index is 13.8. The quantitative estimate of drug-likeness (QED) is 0.0393. The van der Waals surface area contributed by atoms with Crippen molar-refractivity contribution in [3.05, 3.63) is 102 Å². The molecule has 2 N–H and O–H groups in total. The number of carbonyl (C=O) groups excluding carboxylic acids is 8. The van der Waals surface area contributed by atoms with Gasteiger partial charge in [0.25, 0.3) is 0 Å². The van der Waals surface area contributed by atoms with Crippen LogP contribution in [0.4, 0.5) is 10.5 Å². The van der Waals surface area contributed by atoms with Gasteiger partial charge in [-0.15, -0.1) is 0 Å². The Kier molecular flexibility index (Phi) is 25.2. The van der Waals surface area contributed by atoms with E-state index in [9.17, 15) is 38.4 Å². The van der Waals surface area contributed by atoms with E-state index >= 15 is 0 Å². The van der Waals surface area contributed by atoms with E-state index in [1.807, 2.05) is 48.5 Å². The summed E-state index contributed by atoms with van der Waals surface area (Å²) in [6.07, 6.45) is 0.373. The van der Waals surface area contributed by atoms with Crippen molar-refractivity contribution < 1.29 is 71.5 Å². The number of fused-ring (bicyclic) bond motifs is 3. The third kappa shape index (κ3) is 26.2. The minimum Gasteiger partial charge on any atom is -0.460 e. The van der Waals surface area contributed by atoms with E-state index in [1.54, 1.807) is 143 Å². The molecule has 0 spiro atoms. The van der Waals surface area contributed by atoms with Crippen molar-refractivity contribution in [1.82, 2.24) is 20.0 Å². The van der Waals surface area contributed by atoms with Crippen LogP contribution >= 0.6 is 0 Å². The molecule has 0 radical (unpaired) electrons. The monoisotopic (exact) mass is 1170 g/mol. The van der Waals surface area contributed by atoms with Crippen LogP contribution in [0, 0.1) is 0 Å². The van der Waals surface area contributed by atoms with E-state index in [0.29, 0.717) is 11.3 Å². The highest BCUT2D eigenvalue weighted by Crippen LogP contribution is 2.44. The summed E-state index contributed by atoms with van der Waals surface area (Å²) in [7, 11) is 0. The van der Waals surface area contributed by atoms with Crippen LogP contribution in [0.1, 0.15) is 139 Å². The van der Waals surface area contributed by atoms with Crippen LogP contribution in [0.3, 0.4) is 0 Å². The summed E-state index contributed by atoms with van der Waals surface area (Å²) in [6, 6.07) is 20.7. The predicted molar refractivity (Wildman–Crippen MR) is 319 cm³/mol. The number of amides is 2. The fourth-order valence-electron chi connectivity index (χ4n) is 9.17. The second-order valence-electron chi connectivity index (χ2n) is 25.9. The van der Waals surface area contributed by atoms with Crippen LogP contribution in [0.2, 0.25) is 0 Å². The lowest BCUT2D eigenvalue weighted by Gasteiger charge is -2.36. The molecule has 0 saturated carbocycles. The van der Waals surface area contributed by atoms with Gasteiger partial charge in [-0.05, 0) is 157 Å². The molecular weight excluding hydrogens is 1080 g/mol. The highest BCUT2D eigenvalue weighted by atomic mass is 16.6. The van der Waals surface area contributed by atoms with Crippen molar-refractivity contribution >= 4 is 53.5 Å². The molecule has 1 aliphatic carbocycles. The normalized spacial score (nSPS) is 13.5. The molecule has 2 atom stereocenters. The maximum absolute atomic E-state index is 13.8. The molecule has 462 valence electrons. The number of rotatable bonds is 28. The minimum atomic E-state index is -1.23. The van der Waals surface area contributed by atoms with Crippen molar-refractivity contribution in [2.24, 2.45) is 0 Å². The molecule has 84 heavy (non-hydrogen) atoms. The van der Waals surface area contributed by atoms with Gasteiger partial charge in [0, 0.05) is 43.7 Å². The summed E-state index contributed by atoms with van der Waals surface area (Å²) in [5.41, 5.74) is 0.987. The number of benzene rings is 3. The van der Waals surface area contributed by atoms with E-state index in [1.165, 1.54) is 6.08 Å². The summed E-state index contributed by atoms with van der Waals surface area (Å²) >= 11 is 0. The van der Waals surface area contributed by atoms with Gasteiger partial charge in [-0.3, -0.25) is 43.5 Å². The molecule has 20 nitrogen and oxygen atoms in total. The smallest absolute Gasteiger partial charge is 0.407 e. The fourth-order valence-corrected chi connectivity index (χ4v) is 9.17. The summed E-state index contributed by atoms with van der Waals surface area (Å²) in [6.45, 7) is 28.1. The Morgan fingerprint density at radius 2 is 0.964 bits per heavy atom. The molecule has 0 aromatic heterocycles. The van der Waals surface area contributed by atoms with Gasteiger partial charge >= 0.3 is 41.9 Å². The maximum Gasteiger partial charge on any atom is 0.407 e. The Bertz CT molecular complexity index is 2640. The number of carbonyl (C=O) groups is 8. The lowest BCUT2D eigenvalue weighted by Crippen LogP contribution is -2.52. The van der Waals surface area contributed by atoms with Gasteiger partial charge in [0.2, 0.25) is 5.91 Å². The first-order valence-electron chi connectivity index (χ1n) is 28.5. The van der Waals surface area contributed by atoms with Crippen LogP contribution in [0.5, 0.6) is 0 Å². The largest absolute Gasteiger partial charge is 0.460 e. The molecular formula is C64H91N5O15. The lowest BCUT2D eigenvalue weighted by molar-refractivity contribution is -0.162. The summed E-state index contributed by atoms with van der Waals surface area (Å²) in [5.74, 6) is -4.46. The number of alkyl carbamates (subject to hydrolysis) is 1. The molecule has 0 saturated heterocycles. The standard InChI is InChI=1S/C64H91N5O15/c1-17-34-78-58(76)51(66-59(77)79-42-50-48-24-20-18-22-46(48)47-23-19-21-25-49(47)50)30-31-52(70)65-44-28-26-43(27-29-44)35-45(69(40-56(74)83-63(11,12)13)41-57(75)84-64(14,15)16)36-67(37-53(71)80-60(2,3)4)32-33-68(38-54(72)81-61(5,6)7)39-55(73)82-62(8,9)10/h17-29,45,50-51H,1,30-42H2,2-16H3,(H,65,70)(H,66,77). The highest BCUT2D eigenvalue weighted by molar-refractivity contribution is 5.91. The molecule has 0 heterocycles. The molecule has 3 aromatic rings. The van der Waals surface area contributed by atoms with Gasteiger partial charge < -0.3 is 43.8 Å². The van der Waals surface area contributed by atoms with Crippen molar-refractivity contribution in [3.8, 4) is 11.1 Å². The zero-order valence-corrected chi connectivity index (χ0v) is 52.1. The molecule has 2 amide bonds. The third-order valence-electron chi connectivity index (χ3n) is 12.2. The van der Waals surface area contributed by atoms with E-state index in [2.05, 4.69) is 17.2 Å². The second-order valence-corrected chi connectivity index (χ2v) is 25.9. The first-order chi connectivity index (χ1) is 38.9. The second kappa shape index (κ2) is 30.6. The van der Waals surface area contributed by atoms with Crippen molar-refractivity contribution in [2.45, 2.75) is 169 Å². The third-order valence-corrected chi connectivity index (χ3v) is 12.2. The number of anilines is 1. The highest BCUT2D eigenvalue weighted by Gasteiger charge is 2.34. The Labute approximate surface area is 496 Å². The average Bonchev–Trinajstić information content (AvgIpc) is 2.12. The van der Waals surface area contributed by atoms with E-state index in [4.69, 9.17) is 33.2 Å². The van der Waals surface area contributed by atoms with Gasteiger partial charge in [0.1, 0.15) is 47.3 Å². The fraction of sp³-hybridized carbons (Fsp3) is 0.562. The number of ether oxygens (including phenoxy) is 7. The van der Waals surface area contributed by atoms with Gasteiger partial charge in [-0.25, -0.2) is 9.59 Å². The molecule has 4 rings (SSSR count). The number of hydrogen-bond donors (Lipinski definition) is 2. The van der Waals surface area contributed by atoms with Crippen LogP contribution < -0.4 is 10.6 Å². The summed E-state index contributed by atoms with van der Waals surface area (Å²) in [5, 5.41) is 5.44. The molecule has 0 fully saturated rings. The zero-order chi connectivity index (χ0) is 62.8.